The molecule has 5 heteroatoms. The number of carbonyl (C=O) groups excluding carboxylic acids is 2. The number of nitrogens with one attached hydrogen (secondary N) is 1. The molecule has 1 atom stereocenters. The maximum absolute atomic E-state index is 12.0. The molecule has 1 fully saturated rings. The molecule has 0 saturated carbocycles. The molecule has 1 aliphatic heterocycles. The number of amides is 2. The fourth-order valence-electron chi connectivity index (χ4n) is 2.01. The highest BCUT2D eigenvalue weighted by Gasteiger charge is 2.30. The van der Waals surface area contributed by atoms with Crippen LogP contribution in [0.3, 0.4) is 0 Å². The van der Waals surface area contributed by atoms with Crippen molar-refractivity contribution in [3.05, 3.63) is 0 Å². The molecule has 2 amide bonds. The van der Waals surface area contributed by atoms with Crippen LogP contribution in [0.1, 0.15) is 40.5 Å². The first-order valence-electron chi connectivity index (χ1n) is 6.57. The van der Waals surface area contributed by atoms with E-state index in [9.17, 15) is 9.59 Å². The van der Waals surface area contributed by atoms with Crippen LogP contribution in [-0.2, 0) is 9.53 Å². The molecule has 0 aromatic carbocycles. The zero-order valence-corrected chi connectivity index (χ0v) is 11.8. The van der Waals surface area contributed by atoms with E-state index < -0.39 is 0 Å². The number of carbonyl (C=O) groups is 2. The lowest BCUT2D eigenvalue weighted by molar-refractivity contribution is -0.149. The van der Waals surface area contributed by atoms with Crippen LogP contribution in [0.25, 0.3) is 0 Å². The molecule has 0 aromatic heterocycles. The molecule has 0 unspecified atom stereocenters. The minimum absolute atomic E-state index is 0.100. The first-order chi connectivity index (χ1) is 8.33. The molecule has 1 rings (SSSR count). The van der Waals surface area contributed by atoms with Crippen molar-refractivity contribution in [1.82, 2.24) is 10.2 Å². The van der Waals surface area contributed by atoms with Gasteiger partial charge in [0.2, 0.25) is 0 Å². The van der Waals surface area contributed by atoms with Crippen molar-refractivity contribution in [2.24, 2.45) is 5.92 Å². The van der Waals surface area contributed by atoms with Gasteiger partial charge in [-0.3, -0.25) is 4.79 Å². The van der Waals surface area contributed by atoms with Crippen molar-refractivity contribution in [3.8, 4) is 0 Å². The number of likely N-dealkylation sites (tertiary alicyclic amines) is 1. The van der Waals surface area contributed by atoms with Gasteiger partial charge < -0.3 is 15.0 Å². The average molecular weight is 256 g/mol. The minimum Gasteiger partial charge on any atom is -0.466 e. The number of rotatable bonds is 2. The third-order valence-electron chi connectivity index (χ3n) is 2.81. The van der Waals surface area contributed by atoms with E-state index in [0.29, 0.717) is 19.7 Å². The maximum Gasteiger partial charge on any atom is 0.317 e. The first kappa shape index (κ1) is 14.8. The Hall–Kier alpha value is -1.26. The molecule has 18 heavy (non-hydrogen) atoms. The third-order valence-corrected chi connectivity index (χ3v) is 2.81. The Labute approximate surface area is 109 Å². The Morgan fingerprint density at radius 1 is 1.39 bits per heavy atom. The molecule has 0 aliphatic carbocycles. The van der Waals surface area contributed by atoms with Crippen molar-refractivity contribution in [1.29, 1.82) is 0 Å². The molecule has 104 valence electrons. The van der Waals surface area contributed by atoms with Gasteiger partial charge in [0, 0.05) is 18.6 Å². The second-order valence-corrected chi connectivity index (χ2v) is 5.72. The van der Waals surface area contributed by atoms with Gasteiger partial charge in [0.25, 0.3) is 0 Å². The molecular weight excluding hydrogens is 232 g/mol. The molecule has 0 aromatic rings. The van der Waals surface area contributed by atoms with Gasteiger partial charge in [-0.25, -0.2) is 4.79 Å². The van der Waals surface area contributed by atoms with Crippen LogP contribution in [0.2, 0.25) is 0 Å². The highest BCUT2D eigenvalue weighted by Crippen LogP contribution is 2.18. The van der Waals surface area contributed by atoms with Crippen LogP contribution >= 0.6 is 0 Å². The quantitative estimate of drug-likeness (QED) is 0.766. The van der Waals surface area contributed by atoms with Crippen molar-refractivity contribution < 1.29 is 14.3 Å². The summed E-state index contributed by atoms with van der Waals surface area (Å²) in [6.07, 6.45) is 1.65. The van der Waals surface area contributed by atoms with Crippen LogP contribution in [0.4, 0.5) is 4.79 Å². The molecule has 5 nitrogen and oxygen atoms in total. The van der Waals surface area contributed by atoms with Crippen LogP contribution in [0.5, 0.6) is 0 Å². The van der Waals surface area contributed by atoms with Crippen LogP contribution in [-0.4, -0.2) is 42.1 Å². The predicted molar refractivity (Wildman–Crippen MR) is 69.2 cm³/mol. The number of piperidine rings is 1. The summed E-state index contributed by atoms with van der Waals surface area (Å²) in [6.45, 7) is 9.18. The van der Waals surface area contributed by atoms with Gasteiger partial charge in [-0.05, 0) is 40.5 Å². The number of nitrogens with zero attached hydrogens (tertiary/aromatic N) is 1. The van der Waals surface area contributed by atoms with E-state index in [1.54, 1.807) is 11.8 Å². The monoisotopic (exact) mass is 256 g/mol. The Morgan fingerprint density at radius 3 is 2.61 bits per heavy atom. The summed E-state index contributed by atoms with van der Waals surface area (Å²) in [5.41, 5.74) is -0.256. The number of hydrogen-bond donors (Lipinski definition) is 1. The summed E-state index contributed by atoms with van der Waals surface area (Å²) in [5.74, 6) is -0.366. The van der Waals surface area contributed by atoms with Gasteiger partial charge in [-0.15, -0.1) is 0 Å². The zero-order chi connectivity index (χ0) is 13.8. The second-order valence-electron chi connectivity index (χ2n) is 5.72. The van der Waals surface area contributed by atoms with E-state index in [-0.39, 0.29) is 23.5 Å². The van der Waals surface area contributed by atoms with E-state index in [0.717, 1.165) is 12.8 Å². The molecule has 1 aliphatic rings. The summed E-state index contributed by atoms with van der Waals surface area (Å²) in [7, 11) is 0. The first-order valence-corrected chi connectivity index (χ1v) is 6.57. The van der Waals surface area contributed by atoms with E-state index in [1.807, 2.05) is 20.8 Å². The summed E-state index contributed by atoms with van der Waals surface area (Å²) >= 11 is 0. The molecule has 0 bridgehead atoms. The Morgan fingerprint density at radius 2 is 2.06 bits per heavy atom. The Balaban J connectivity index is 2.53. The lowest BCUT2D eigenvalue weighted by atomic mass is 9.98. The Bertz CT molecular complexity index is 310. The number of ether oxygens (including phenoxy) is 1. The number of hydrogen-bond acceptors (Lipinski definition) is 3. The van der Waals surface area contributed by atoms with Gasteiger partial charge in [0.05, 0.1) is 12.5 Å². The molecule has 0 radical (unpaired) electrons. The van der Waals surface area contributed by atoms with Gasteiger partial charge in [0.15, 0.2) is 0 Å². The van der Waals surface area contributed by atoms with E-state index in [2.05, 4.69) is 5.32 Å². The molecule has 0 spiro atoms. The van der Waals surface area contributed by atoms with Crippen molar-refractivity contribution in [2.45, 2.75) is 46.1 Å². The largest absolute Gasteiger partial charge is 0.466 e. The van der Waals surface area contributed by atoms with Crippen molar-refractivity contribution >= 4 is 12.0 Å². The van der Waals surface area contributed by atoms with E-state index >= 15 is 0 Å². The van der Waals surface area contributed by atoms with Crippen molar-refractivity contribution in [2.75, 3.05) is 19.7 Å². The third kappa shape index (κ3) is 4.55. The SMILES string of the molecule is CCOC(=O)[C@@H]1CCCN(C(=O)NC(C)(C)C)C1. The topological polar surface area (TPSA) is 58.6 Å². The van der Waals surface area contributed by atoms with Crippen LogP contribution in [0, 0.1) is 5.92 Å². The maximum atomic E-state index is 12.0. The van der Waals surface area contributed by atoms with Crippen LogP contribution in [0.15, 0.2) is 0 Å². The minimum atomic E-state index is -0.256. The lowest BCUT2D eigenvalue weighted by Crippen LogP contribution is -2.52. The van der Waals surface area contributed by atoms with Gasteiger partial charge in [-0.2, -0.15) is 0 Å². The van der Waals surface area contributed by atoms with E-state index in [1.165, 1.54) is 0 Å². The molecule has 1 heterocycles. The number of urea groups is 1. The second kappa shape index (κ2) is 6.07. The summed E-state index contributed by atoms with van der Waals surface area (Å²) in [4.78, 5) is 25.4. The van der Waals surface area contributed by atoms with Gasteiger partial charge in [-0.1, -0.05) is 0 Å². The summed E-state index contributed by atoms with van der Waals surface area (Å²) in [6, 6.07) is -0.100. The van der Waals surface area contributed by atoms with Gasteiger partial charge >= 0.3 is 12.0 Å². The Kier molecular flexibility index (Phi) is 4.99. The standard InChI is InChI=1S/C13H24N2O3/c1-5-18-11(16)10-7-6-8-15(9-10)12(17)14-13(2,3)4/h10H,5-9H2,1-4H3,(H,14,17)/t10-/m1/s1. The summed E-state index contributed by atoms with van der Waals surface area (Å²) in [5, 5.41) is 2.92. The zero-order valence-electron chi connectivity index (χ0n) is 11.8. The molecule has 1 saturated heterocycles. The lowest BCUT2D eigenvalue weighted by Gasteiger charge is -2.34. The predicted octanol–water partition coefficient (Wildman–Crippen LogP) is 1.77. The fraction of sp³-hybridized carbons (Fsp3) is 0.846. The van der Waals surface area contributed by atoms with Gasteiger partial charge in [0.1, 0.15) is 0 Å². The molecule has 1 N–H and O–H groups in total. The fourth-order valence-corrected chi connectivity index (χ4v) is 2.01. The highest BCUT2D eigenvalue weighted by molar-refractivity contribution is 5.77. The van der Waals surface area contributed by atoms with E-state index in [4.69, 9.17) is 4.74 Å². The molecular formula is C13H24N2O3. The van der Waals surface area contributed by atoms with Crippen molar-refractivity contribution in [3.63, 3.8) is 0 Å². The normalized spacial score (nSPS) is 20.4. The average Bonchev–Trinajstić information content (AvgIpc) is 2.27. The smallest absolute Gasteiger partial charge is 0.317 e. The van der Waals surface area contributed by atoms with Crippen LogP contribution < -0.4 is 5.32 Å². The number of esters is 1. The highest BCUT2D eigenvalue weighted by atomic mass is 16.5. The summed E-state index contributed by atoms with van der Waals surface area (Å²) < 4.78 is 5.01.